The standard InChI is InChI=1S/C12H20N2O2S2/c1-10(6-7-17-2)14-18(15,16)9-11-4-3-5-12(13)8-11/h3-5,8,10,14H,6-7,9,13H2,1-2H3. The highest BCUT2D eigenvalue weighted by molar-refractivity contribution is 7.98. The molecular formula is C12H20N2O2S2. The Labute approximate surface area is 113 Å². The van der Waals surface area contributed by atoms with E-state index >= 15 is 0 Å². The summed E-state index contributed by atoms with van der Waals surface area (Å²) in [7, 11) is -3.30. The molecule has 0 heterocycles. The van der Waals surface area contributed by atoms with E-state index in [0.717, 1.165) is 12.2 Å². The van der Waals surface area contributed by atoms with Gasteiger partial charge in [0.05, 0.1) is 5.75 Å². The summed E-state index contributed by atoms with van der Waals surface area (Å²) in [6.45, 7) is 1.88. The van der Waals surface area contributed by atoms with Crippen molar-refractivity contribution in [2.45, 2.75) is 25.1 Å². The summed E-state index contributed by atoms with van der Waals surface area (Å²) >= 11 is 1.71. The van der Waals surface area contributed by atoms with Gasteiger partial charge in [-0.05, 0) is 43.0 Å². The van der Waals surface area contributed by atoms with Crippen LogP contribution in [0, 0.1) is 0 Å². The van der Waals surface area contributed by atoms with E-state index in [9.17, 15) is 8.42 Å². The number of hydrogen-bond acceptors (Lipinski definition) is 4. The number of thioether (sulfide) groups is 1. The van der Waals surface area contributed by atoms with Gasteiger partial charge in [0, 0.05) is 11.7 Å². The lowest BCUT2D eigenvalue weighted by molar-refractivity contribution is 0.556. The van der Waals surface area contributed by atoms with Crippen LogP contribution in [0.2, 0.25) is 0 Å². The van der Waals surface area contributed by atoms with E-state index in [-0.39, 0.29) is 11.8 Å². The van der Waals surface area contributed by atoms with Crippen LogP contribution in [0.3, 0.4) is 0 Å². The van der Waals surface area contributed by atoms with Crippen LogP contribution in [-0.4, -0.2) is 26.5 Å². The third kappa shape index (κ3) is 5.75. The van der Waals surface area contributed by atoms with Crippen LogP contribution in [0.1, 0.15) is 18.9 Å². The lowest BCUT2D eigenvalue weighted by Crippen LogP contribution is -2.33. The van der Waals surface area contributed by atoms with Gasteiger partial charge in [0.15, 0.2) is 0 Å². The molecular weight excluding hydrogens is 268 g/mol. The number of nitrogen functional groups attached to an aromatic ring is 1. The number of benzene rings is 1. The molecule has 0 radical (unpaired) electrons. The van der Waals surface area contributed by atoms with E-state index in [1.807, 2.05) is 13.2 Å². The van der Waals surface area contributed by atoms with Gasteiger partial charge in [0.1, 0.15) is 0 Å². The molecule has 102 valence electrons. The van der Waals surface area contributed by atoms with Crippen molar-refractivity contribution in [3.63, 3.8) is 0 Å². The van der Waals surface area contributed by atoms with E-state index in [0.29, 0.717) is 11.3 Å². The van der Waals surface area contributed by atoms with Crippen molar-refractivity contribution in [3.05, 3.63) is 29.8 Å². The monoisotopic (exact) mass is 288 g/mol. The first-order valence-corrected chi connectivity index (χ1v) is 8.81. The van der Waals surface area contributed by atoms with Crippen LogP contribution in [0.15, 0.2) is 24.3 Å². The highest BCUT2D eigenvalue weighted by Crippen LogP contribution is 2.10. The Balaban J connectivity index is 2.59. The fourth-order valence-electron chi connectivity index (χ4n) is 1.60. The molecule has 0 aliphatic rings. The molecule has 0 aromatic heterocycles. The third-order valence-corrected chi connectivity index (χ3v) is 4.56. The minimum Gasteiger partial charge on any atom is -0.399 e. The van der Waals surface area contributed by atoms with Gasteiger partial charge >= 0.3 is 0 Å². The molecule has 18 heavy (non-hydrogen) atoms. The number of rotatable bonds is 7. The highest BCUT2D eigenvalue weighted by Gasteiger charge is 2.15. The number of nitrogens with one attached hydrogen (secondary N) is 1. The second-order valence-electron chi connectivity index (χ2n) is 4.30. The summed E-state index contributed by atoms with van der Waals surface area (Å²) in [5.74, 6) is 0.920. The number of sulfonamides is 1. The second kappa shape index (κ2) is 7.01. The molecule has 0 bridgehead atoms. The molecule has 1 aromatic rings. The molecule has 1 aromatic carbocycles. The normalized spacial score (nSPS) is 13.4. The summed E-state index contributed by atoms with van der Waals surface area (Å²) in [5, 5.41) is 0. The van der Waals surface area contributed by atoms with Crippen LogP contribution < -0.4 is 10.5 Å². The average Bonchev–Trinajstić information content (AvgIpc) is 2.24. The van der Waals surface area contributed by atoms with E-state index in [1.165, 1.54) is 0 Å². The van der Waals surface area contributed by atoms with Gasteiger partial charge in [-0.1, -0.05) is 12.1 Å². The topological polar surface area (TPSA) is 72.2 Å². The van der Waals surface area contributed by atoms with Crippen LogP contribution >= 0.6 is 11.8 Å². The summed E-state index contributed by atoms with van der Waals surface area (Å²) in [5.41, 5.74) is 6.92. The summed E-state index contributed by atoms with van der Waals surface area (Å²) in [6.07, 6.45) is 2.84. The molecule has 1 rings (SSSR count). The van der Waals surface area contributed by atoms with E-state index in [2.05, 4.69) is 4.72 Å². The van der Waals surface area contributed by atoms with Crippen LogP contribution in [0.5, 0.6) is 0 Å². The smallest absolute Gasteiger partial charge is 0.216 e. The Morgan fingerprint density at radius 3 is 2.78 bits per heavy atom. The van der Waals surface area contributed by atoms with Gasteiger partial charge in [-0.25, -0.2) is 13.1 Å². The van der Waals surface area contributed by atoms with Crippen molar-refractivity contribution in [3.8, 4) is 0 Å². The molecule has 0 fully saturated rings. The Kier molecular flexibility index (Phi) is 5.98. The maximum Gasteiger partial charge on any atom is 0.216 e. The zero-order valence-corrected chi connectivity index (χ0v) is 12.4. The number of hydrogen-bond donors (Lipinski definition) is 2. The first-order chi connectivity index (χ1) is 8.43. The van der Waals surface area contributed by atoms with Crippen molar-refractivity contribution in [1.29, 1.82) is 0 Å². The lowest BCUT2D eigenvalue weighted by Gasteiger charge is -2.13. The maximum atomic E-state index is 11.9. The molecule has 1 unspecified atom stereocenters. The molecule has 3 N–H and O–H groups in total. The predicted octanol–water partition coefficient (Wildman–Crippen LogP) is 1.83. The average molecular weight is 288 g/mol. The Morgan fingerprint density at radius 2 is 2.17 bits per heavy atom. The summed E-state index contributed by atoms with van der Waals surface area (Å²) in [4.78, 5) is 0. The van der Waals surface area contributed by atoms with E-state index in [4.69, 9.17) is 5.73 Å². The SMILES string of the molecule is CSCCC(C)NS(=O)(=O)Cc1cccc(N)c1. The molecule has 0 amide bonds. The number of nitrogens with two attached hydrogens (primary N) is 1. The fourth-order valence-corrected chi connectivity index (χ4v) is 3.63. The van der Waals surface area contributed by atoms with Crippen LogP contribution in [0.4, 0.5) is 5.69 Å². The molecule has 0 aliphatic carbocycles. The quantitative estimate of drug-likeness (QED) is 0.751. The van der Waals surface area contributed by atoms with Crippen molar-refractivity contribution in [1.82, 2.24) is 4.72 Å². The van der Waals surface area contributed by atoms with Gasteiger partial charge in [-0.15, -0.1) is 0 Å². The first kappa shape index (κ1) is 15.3. The number of anilines is 1. The maximum absolute atomic E-state index is 11.9. The first-order valence-electron chi connectivity index (χ1n) is 5.76. The van der Waals surface area contributed by atoms with Gasteiger partial charge in [-0.3, -0.25) is 0 Å². The van der Waals surface area contributed by atoms with E-state index < -0.39 is 10.0 Å². The Morgan fingerprint density at radius 1 is 1.44 bits per heavy atom. The molecule has 4 nitrogen and oxygen atoms in total. The van der Waals surface area contributed by atoms with Crippen molar-refractivity contribution < 1.29 is 8.42 Å². The lowest BCUT2D eigenvalue weighted by atomic mass is 10.2. The minimum atomic E-state index is -3.30. The van der Waals surface area contributed by atoms with Gasteiger partial charge < -0.3 is 5.73 Å². The third-order valence-electron chi connectivity index (χ3n) is 2.44. The minimum absolute atomic E-state index is 0.0261. The van der Waals surface area contributed by atoms with Gasteiger partial charge in [0.25, 0.3) is 0 Å². The Bertz CT molecular complexity index is 475. The molecule has 6 heteroatoms. The van der Waals surface area contributed by atoms with Crippen molar-refractivity contribution in [2.24, 2.45) is 0 Å². The van der Waals surface area contributed by atoms with Crippen molar-refractivity contribution in [2.75, 3.05) is 17.7 Å². The second-order valence-corrected chi connectivity index (χ2v) is 7.04. The molecule has 0 saturated heterocycles. The van der Waals surface area contributed by atoms with Crippen LogP contribution in [-0.2, 0) is 15.8 Å². The fraction of sp³-hybridized carbons (Fsp3) is 0.500. The zero-order chi connectivity index (χ0) is 13.6. The van der Waals surface area contributed by atoms with E-state index in [1.54, 1.807) is 36.0 Å². The summed E-state index contributed by atoms with van der Waals surface area (Å²) < 4.78 is 26.5. The molecule has 0 saturated carbocycles. The molecule has 1 atom stereocenters. The predicted molar refractivity (Wildman–Crippen MR) is 79.1 cm³/mol. The van der Waals surface area contributed by atoms with Gasteiger partial charge in [0.2, 0.25) is 10.0 Å². The zero-order valence-electron chi connectivity index (χ0n) is 10.7. The highest BCUT2D eigenvalue weighted by atomic mass is 32.2. The Hall–Kier alpha value is -0.720. The largest absolute Gasteiger partial charge is 0.399 e. The molecule has 0 aliphatic heterocycles. The van der Waals surface area contributed by atoms with Gasteiger partial charge in [-0.2, -0.15) is 11.8 Å². The van der Waals surface area contributed by atoms with Crippen molar-refractivity contribution >= 4 is 27.5 Å². The summed E-state index contributed by atoms with van der Waals surface area (Å²) in [6, 6.07) is 6.92. The molecule has 0 spiro atoms. The van der Waals surface area contributed by atoms with Crippen LogP contribution in [0.25, 0.3) is 0 Å².